The quantitative estimate of drug-likeness (QED) is 0.549. The lowest BCUT2D eigenvalue weighted by atomic mass is 9.94. The second-order valence-electron chi connectivity index (χ2n) is 8.32. The second kappa shape index (κ2) is 6.45. The van der Waals surface area contributed by atoms with E-state index in [0.717, 1.165) is 22.4 Å². The van der Waals surface area contributed by atoms with Crippen LogP contribution in [0, 0.1) is 18.3 Å². The molecule has 1 heterocycles. The molecular weight excluding hydrogens is 356 g/mol. The lowest BCUT2D eigenvalue weighted by Crippen LogP contribution is -2.02. The number of aryl methyl sites for hydroxylation is 2. The summed E-state index contributed by atoms with van der Waals surface area (Å²) in [6.07, 6.45) is 5.23. The normalized spacial score (nSPS) is 21.9. The molecule has 1 N–H and O–H groups in total. The number of fused-ring (bicyclic) bond motifs is 3. The van der Waals surface area contributed by atoms with Gasteiger partial charge in [-0.1, -0.05) is 44.2 Å². The first kappa shape index (κ1) is 18.2. The minimum absolute atomic E-state index is 0.0957. The summed E-state index contributed by atoms with van der Waals surface area (Å²) in [7, 11) is 0. The highest BCUT2D eigenvalue weighted by molar-refractivity contribution is 7.14. The zero-order valence-corrected chi connectivity index (χ0v) is 16.7. The van der Waals surface area contributed by atoms with Gasteiger partial charge in [-0.3, -0.25) is 9.59 Å². The largest absolute Gasteiger partial charge is 0.481 e. The molecule has 27 heavy (non-hydrogen) atoms. The van der Waals surface area contributed by atoms with Crippen molar-refractivity contribution in [2.75, 3.05) is 0 Å². The molecule has 2 atom stereocenters. The van der Waals surface area contributed by atoms with Gasteiger partial charge in [-0.05, 0) is 65.3 Å². The molecule has 0 aliphatic heterocycles. The number of carboxylic acid groups (broad SMARTS) is 1. The van der Waals surface area contributed by atoms with Gasteiger partial charge >= 0.3 is 5.97 Å². The summed E-state index contributed by atoms with van der Waals surface area (Å²) in [4.78, 5) is 25.6. The highest BCUT2D eigenvalue weighted by atomic mass is 32.1. The van der Waals surface area contributed by atoms with Crippen molar-refractivity contribution in [3.63, 3.8) is 0 Å². The van der Waals surface area contributed by atoms with Crippen LogP contribution in [-0.2, 0) is 17.6 Å². The molecule has 0 saturated heterocycles. The van der Waals surface area contributed by atoms with Crippen LogP contribution in [0.5, 0.6) is 0 Å². The fourth-order valence-corrected chi connectivity index (χ4v) is 5.78. The molecule has 0 spiro atoms. The van der Waals surface area contributed by atoms with Crippen LogP contribution in [0.3, 0.4) is 0 Å². The van der Waals surface area contributed by atoms with Crippen molar-refractivity contribution in [2.45, 2.75) is 46.0 Å². The number of carbonyl (C=O) groups is 2. The van der Waals surface area contributed by atoms with E-state index < -0.39 is 5.97 Å². The van der Waals surface area contributed by atoms with E-state index in [9.17, 15) is 9.59 Å². The Labute approximate surface area is 163 Å². The molecule has 2 aliphatic carbocycles. The molecule has 1 saturated carbocycles. The van der Waals surface area contributed by atoms with Gasteiger partial charge in [0.15, 0.2) is 5.78 Å². The average Bonchev–Trinajstić information content (AvgIpc) is 2.96. The van der Waals surface area contributed by atoms with Crippen molar-refractivity contribution >= 4 is 29.2 Å². The summed E-state index contributed by atoms with van der Waals surface area (Å²) in [5.74, 6) is 0.666. The van der Waals surface area contributed by atoms with E-state index in [0.29, 0.717) is 23.7 Å². The Balaban J connectivity index is 1.47. The average molecular weight is 381 g/mol. The van der Waals surface area contributed by atoms with Crippen LogP contribution in [-0.4, -0.2) is 16.9 Å². The highest BCUT2D eigenvalue weighted by Gasteiger charge is 2.63. The molecule has 1 aromatic carbocycles. The van der Waals surface area contributed by atoms with E-state index in [1.54, 1.807) is 17.4 Å². The van der Waals surface area contributed by atoms with Crippen molar-refractivity contribution in [3.8, 4) is 0 Å². The summed E-state index contributed by atoms with van der Waals surface area (Å²) < 4.78 is 0. The monoisotopic (exact) mass is 380 g/mol. The predicted octanol–water partition coefficient (Wildman–Crippen LogP) is 5.27. The zero-order valence-electron chi connectivity index (χ0n) is 15.9. The van der Waals surface area contributed by atoms with Gasteiger partial charge in [0.25, 0.3) is 0 Å². The smallest absolute Gasteiger partial charge is 0.303 e. The maximum Gasteiger partial charge on any atom is 0.303 e. The maximum absolute atomic E-state index is 12.8. The summed E-state index contributed by atoms with van der Waals surface area (Å²) in [6.45, 7) is 6.82. The van der Waals surface area contributed by atoms with Gasteiger partial charge in [-0.2, -0.15) is 0 Å². The fraction of sp³-hybridized carbons (Fsp3) is 0.391. The molecular formula is C23H24O3S. The molecule has 2 aromatic rings. The van der Waals surface area contributed by atoms with Gasteiger partial charge < -0.3 is 5.11 Å². The van der Waals surface area contributed by atoms with E-state index in [4.69, 9.17) is 5.11 Å². The summed E-state index contributed by atoms with van der Waals surface area (Å²) >= 11 is 1.65. The third-order valence-electron chi connectivity index (χ3n) is 6.28. The number of ketones is 1. The number of carbonyl (C=O) groups excluding carboxylic acids is 1. The van der Waals surface area contributed by atoms with Crippen LogP contribution in [0.2, 0.25) is 0 Å². The van der Waals surface area contributed by atoms with Gasteiger partial charge in [0.2, 0.25) is 0 Å². The van der Waals surface area contributed by atoms with Crippen molar-refractivity contribution < 1.29 is 14.7 Å². The molecule has 0 radical (unpaired) electrons. The standard InChI is InChI=1S/C23H24O3S/c1-13-20-16(12-17-21(20)23(17,2)3)22(27-13)18(24)10-8-14-4-6-15(7-5-14)9-11-19(25)26/h4-8,10,17,21H,9,11-12H2,1-3H3,(H,25,26)/b10-8+/t17-,21-/m1/s1. The SMILES string of the molecule is Cc1sc(C(=O)/C=C/c2ccc(CCC(=O)O)cc2)c2c1[C@H]1[C@@H](C2)C1(C)C. The summed E-state index contributed by atoms with van der Waals surface area (Å²) in [5, 5.41) is 8.75. The van der Waals surface area contributed by atoms with Gasteiger partial charge in [0.1, 0.15) is 0 Å². The maximum atomic E-state index is 12.8. The molecule has 0 amide bonds. The lowest BCUT2D eigenvalue weighted by molar-refractivity contribution is -0.136. The van der Waals surface area contributed by atoms with Gasteiger partial charge in [-0.15, -0.1) is 11.3 Å². The Bertz CT molecular complexity index is 947. The molecule has 4 heteroatoms. The van der Waals surface area contributed by atoms with Crippen LogP contribution in [0.25, 0.3) is 6.08 Å². The number of thiophene rings is 1. The molecule has 2 aliphatic rings. The van der Waals surface area contributed by atoms with Gasteiger partial charge in [0.05, 0.1) is 4.88 Å². The molecule has 1 fully saturated rings. The molecule has 3 nitrogen and oxygen atoms in total. The van der Waals surface area contributed by atoms with E-state index in [-0.39, 0.29) is 12.2 Å². The number of rotatable bonds is 6. The second-order valence-corrected chi connectivity index (χ2v) is 9.55. The minimum atomic E-state index is -0.788. The van der Waals surface area contributed by atoms with Crippen LogP contribution < -0.4 is 0 Å². The third-order valence-corrected chi connectivity index (χ3v) is 7.46. The Morgan fingerprint density at radius 2 is 1.96 bits per heavy atom. The van der Waals surface area contributed by atoms with Gasteiger partial charge in [0, 0.05) is 11.3 Å². The first-order valence-corrected chi connectivity index (χ1v) is 10.3. The third kappa shape index (κ3) is 3.16. The Morgan fingerprint density at radius 3 is 2.63 bits per heavy atom. The van der Waals surface area contributed by atoms with Gasteiger partial charge in [-0.25, -0.2) is 0 Å². The number of aliphatic carboxylic acids is 1. The van der Waals surface area contributed by atoms with E-state index in [1.165, 1.54) is 16.0 Å². The summed E-state index contributed by atoms with van der Waals surface area (Å²) in [6, 6.07) is 7.72. The lowest BCUT2D eigenvalue weighted by Gasteiger charge is -2.09. The van der Waals surface area contributed by atoms with Crippen molar-refractivity contribution in [2.24, 2.45) is 11.3 Å². The highest BCUT2D eigenvalue weighted by Crippen LogP contribution is 2.71. The van der Waals surface area contributed by atoms with Crippen molar-refractivity contribution in [3.05, 3.63) is 62.3 Å². The first-order valence-electron chi connectivity index (χ1n) is 9.44. The molecule has 0 unspecified atom stereocenters. The number of hydrogen-bond donors (Lipinski definition) is 1. The van der Waals surface area contributed by atoms with E-state index in [2.05, 4.69) is 20.8 Å². The Morgan fingerprint density at radius 1 is 1.26 bits per heavy atom. The van der Waals surface area contributed by atoms with Crippen LogP contribution >= 0.6 is 11.3 Å². The van der Waals surface area contributed by atoms with Crippen LogP contribution in [0.1, 0.15) is 63.0 Å². The Hall–Kier alpha value is -2.20. The fourth-order valence-electron chi connectivity index (χ4n) is 4.63. The van der Waals surface area contributed by atoms with E-state index in [1.807, 2.05) is 30.3 Å². The number of hydrogen-bond acceptors (Lipinski definition) is 3. The topological polar surface area (TPSA) is 54.4 Å². The van der Waals surface area contributed by atoms with Crippen molar-refractivity contribution in [1.82, 2.24) is 0 Å². The number of carboxylic acids is 1. The number of allylic oxidation sites excluding steroid dienone is 1. The predicted molar refractivity (Wildman–Crippen MR) is 109 cm³/mol. The molecule has 4 rings (SSSR count). The zero-order chi connectivity index (χ0) is 19.3. The first-order chi connectivity index (χ1) is 12.8. The molecule has 0 bridgehead atoms. The molecule has 1 aromatic heterocycles. The van der Waals surface area contributed by atoms with Crippen LogP contribution in [0.15, 0.2) is 30.3 Å². The van der Waals surface area contributed by atoms with E-state index >= 15 is 0 Å². The van der Waals surface area contributed by atoms with Crippen molar-refractivity contribution in [1.29, 1.82) is 0 Å². The molecule has 140 valence electrons. The van der Waals surface area contributed by atoms with Crippen LogP contribution in [0.4, 0.5) is 0 Å². The number of benzene rings is 1. The summed E-state index contributed by atoms with van der Waals surface area (Å²) in [5.41, 5.74) is 5.10. The minimum Gasteiger partial charge on any atom is -0.481 e. The Kier molecular flexibility index (Phi) is 4.34.